The zero-order chi connectivity index (χ0) is 9.10. The van der Waals surface area contributed by atoms with Gasteiger partial charge in [-0.2, -0.15) is 0 Å². The van der Waals surface area contributed by atoms with E-state index in [-0.39, 0.29) is 5.75 Å². The molecule has 4 nitrogen and oxygen atoms in total. The van der Waals surface area contributed by atoms with Crippen molar-refractivity contribution in [1.82, 2.24) is 4.98 Å². The summed E-state index contributed by atoms with van der Waals surface area (Å²) in [4.78, 5) is 6.26. The number of hydrogen-bond acceptors (Lipinski definition) is 4. The average Bonchev–Trinajstić information content (AvgIpc) is 2.20. The monoisotopic (exact) mass is 180 g/mol. The average molecular weight is 180 g/mol. The molecule has 2 heterocycles. The van der Waals surface area contributed by atoms with Crippen LogP contribution in [0, 0.1) is 0 Å². The van der Waals surface area contributed by atoms with E-state index in [0.29, 0.717) is 0 Å². The van der Waals surface area contributed by atoms with E-state index < -0.39 is 0 Å². The van der Waals surface area contributed by atoms with Gasteiger partial charge in [-0.1, -0.05) is 0 Å². The maximum absolute atomic E-state index is 9.05. The molecule has 1 N–H and O–H groups in total. The van der Waals surface area contributed by atoms with Crippen LogP contribution in [0.2, 0.25) is 0 Å². The number of rotatable bonds is 1. The SMILES string of the molecule is Oc1ccc(N2CCOCC2)nc1. The maximum Gasteiger partial charge on any atom is 0.134 e. The number of pyridine rings is 1. The first-order chi connectivity index (χ1) is 6.36. The molecule has 1 aliphatic heterocycles. The van der Waals surface area contributed by atoms with Crippen molar-refractivity contribution in [2.45, 2.75) is 0 Å². The fraction of sp³-hybridized carbons (Fsp3) is 0.444. The Morgan fingerprint density at radius 1 is 1.31 bits per heavy atom. The van der Waals surface area contributed by atoms with Gasteiger partial charge in [0, 0.05) is 13.1 Å². The van der Waals surface area contributed by atoms with Crippen LogP contribution in [0.3, 0.4) is 0 Å². The van der Waals surface area contributed by atoms with E-state index in [4.69, 9.17) is 9.84 Å². The molecule has 70 valence electrons. The zero-order valence-electron chi connectivity index (χ0n) is 7.31. The van der Waals surface area contributed by atoms with Crippen molar-refractivity contribution in [3.8, 4) is 5.75 Å². The predicted octanol–water partition coefficient (Wildman–Crippen LogP) is 0.624. The number of nitrogens with zero attached hydrogens (tertiary/aromatic N) is 2. The Morgan fingerprint density at radius 2 is 2.08 bits per heavy atom. The molecule has 0 saturated carbocycles. The topological polar surface area (TPSA) is 45.6 Å². The Labute approximate surface area is 76.8 Å². The first kappa shape index (κ1) is 8.31. The van der Waals surface area contributed by atoms with Crippen molar-refractivity contribution in [2.75, 3.05) is 31.2 Å². The minimum Gasteiger partial charge on any atom is -0.506 e. The smallest absolute Gasteiger partial charge is 0.134 e. The standard InChI is InChI=1S/C9H12N2O2/c12-8-1-2-9(10-7-8)11-3-5-13-6-4-11/h1-2,7,12H,3-6H2. The molecule has 0 amide bonds. The molecule has 1 aliphatic rings. The fourth-order valence-electron chi connectivity index (χ4n) is 1.36. The molecular formula is C9H12N2O2. The van der Waals surface area contributed by atoms with Crippen molar-refractivity contribution in [3.05, 3.63) is 18.3 Å². The molecule has 1 aromatic rings. The van der Waals surface area contributed by atoms with E-state index in [1.54, 1.807) is 6.07 Å². The van der Waals surface area contributed by atoms with Crippen LogP contribution in [0.4, 0.5) is 5.82 Å². The lowest BCUT2D eigenvalue weighted by molar-refractivity contribution is 0.122. The summed E-state index contributed by atoms with van der Waals surface area (Å²) >= 11 is 0. The number of hydrogen-bond donors (Lipinski definition) is 1. The molecule has 0 bridgehead atoms. The summed E-state index contributed by atoms with van der Waals surface area (Å²) in [6.45, 7) is 3.25. The van der Waals surface area contributed by atoms with Crippen molar-refractivity contribution in [1.29, 1.82) is 0 Å². The van der Waals surface area contributed by atoms with E-state index in [0.717, 1.165) is 32.1 Å². The molecule has 1 fully saturated rings. The highest BCUT2D eigenvalue weighted by Crippen LogP contribution is 2.15. The number of aromatic hydroxyl groups is 1. The summed E-state index contributed by atoms with van der Waals surface area (Å²) in [6, 6.07) is 3.47. The van der Waals surface area contributed by atoms with Crippen LogP contribution in [0.25, 0.3) is 0 Å². The predicted molar refractivity (Wildman–Crippen MR) is 48.9 cm³/mol. The van der Waals surface area contributed by atoms with Gasteiger partial charge < -0.3 is 14.7 Å². The van der Waals surface area contributed by atoms with Gasteiger partial charge in [0.05, 0.1) is 19.4 Å². The summed E-state index contributed by atoms with van der Waals surface area (Å²) in [5.41, 5.74) is 0. The summed E-state index contributed by atoms with van der Waals surface area (Å²) in [5, 5.41) is 9.05. The normalized spacial score (nSPS) is 17.4. The Kier molecular flexibility index (Phi) is 2.31. The number of anilines is 1. The Morgan fingerprint density at radius 3 is 2.69 bits per heavy atom. The molecular weight excluding hydrogens is 168 g/mol. The van der Waals surface area contributed by atoms with Gasteiger partial charge >= 0.3 is 0 Å². The zero-order valence-corrected chi connectivity index (χ0v) is 7.31. The van der Waals surface area contributed by atoms with Gasteiger partial charge in [-0.05, 0) is 12.1 Å². The summed E-state index contributed by atoms with van der Waals surface area (Å²) in [6.07, 6.45) is 1.46. The Balaban J connectivity index is 2.10. The number of morpholine rings is 1. The molecule has 1 saturated heterocycles. The Bertz CT molecular complexity index is 267. The third kappa shape index (κ3) is 1.89. The van der Waals surface area contributed by atoms with E-state index >= 15 is 0 Å². The van der Waals surface area contributed by atoms with Crippen LogP contribution in [0.5, 0.6) is 5.75 Å². The molecule has 0 radical (unpaired) electrons. The first-order valence-corrected chi connectivity index (χ1v) is 4.34. The van der Waals surface area contributed by atoms with Gasteiger partial charge in [-0.15, -0.1) is 0 Å². The van der Waals surface area contributed by atoms with Crippen LogP contribution in [-0.2, 0) is 4.74 Å². The van der Waals surface area contributed by atoms with E-state index in [2.05, 4.69) is 9.88 Å². The molecule has 4 heteroatoms. The van der Waals surface area contributed by atoms with Crippen LogP contribution >= 0.6 is 0 Å². The summed E-state index contributed by atoms with van der Waals surface area (Å²) in [5.74, 6) is 1.11. The van der Waals surface area contributed by atoms with Crippen LogP contribution in [0.15, 0.2) is 18.3 Å². The third-order valence-corrected chi connectivity index (χ3v) is 2.07. The summed E-state index contributed by atoms with van der Waals surface area (Å²) < 4.78 is 5.23. The fourth-order valence-corrected chi connectivity index (χ4v) is 1.36. The maximum atomic E-state index is 9.05. The van der Waals surface area contributed by atoms with Gasteiger partial charge in [-0.25, -0.2) is 4.98 Å². The minimum atomic E-state index is 0.206. The lowest BCUT2D eigenvalue weighted by Gasteiger charge is -2.27. The molecule has 2 rings (SSSR count). The van der Waals surface area contributed by atoms with Crippen LogP contribution in [-0.4, -0.2) is 36.4 Å². The van der Waals surface area contributed by atoms with Gasteiger partial charge in [0.15, 0.2) is 0 Å². The van der Waals surface area contributed by atoms with Crippen molar-refractivity contribution < 1.29 is 9.84 Å². The van der Waals surface area contributed by atoms with Crippen LogP contribution < -0.4 is 4.90 Å². The van der Waals surface area contributed by atoms with E-state index in [1.165, 1.54) is 6.20 Å². The van der Waals surface area contributed by atoms with Crippen molar-refractivity contribution in [2.24, 2.45) is 0 Å². The highest BCUT2D eigenvalue weighted by Gasteiger charge is 2.11. The van der Waals surface area contributed by atoms with Gasteiger partial charge in [0.1, 0.15) is 11.6 Å². The van der Waals surface area contributed by atoms with Crippen molar-refractivity contribution in [3.63, 3.8) is 0 Å². The van der Waals surface area contributed by atoms with Crippen LogP contribution in [0.1, 0.15) is 0 Å². The summed E-state index contributed by atoms with van der Waals surface area (Å²) in [7, 11) is 0. The lowest BCUT2D eigenvalue weighted by atomic mass is 10.3. The second-order valence-electron chi connectivity index (χ2n) is 2.97. The molecule has 0 aliphatic carbocycles. The molecule has 13 heavy (non-hydrogen) atoms. The van der Waals surface area contributed by atoms with E-state index in [1.807, 2.05) is 6.07 Å². The number of aromatic nitrogens is 1. The largest absolute Gasteiger partial charge is 0.506 e. The van der Waals surface area contributed by atoms with Gasteiger partial charge in [0.2, 0.25) is 0 Å². The molecule has 0 atom stereocenters. The van der Waals surface area contributed by atoms with Crippen molar-refractivity contribution >= 4 is 5.82 Å². The second kappa shape index (κ2) is 3.62. The quantitative estimate of drug-likeness (QED) is 0.688. The highest BCUT2D eigenvalue weighted by molar-refractivity contribution is 5.40. The Hall–Kier alpha value is -1.29. The highest BCUT2D eigenvalue weighted by atomic mass is 16.5. The lowest BCUT2D eigenvalue weighted by Crippen LogP contribution is -2.36. The molecule has 1 aromatic heterocycles. The molecule has 0 spiro atoms. The van der Waals surface area contributed by atoms with E-state index in [9.17, 15) is 0 Å². The number of ether oxygens (including phenoxy) is 1. The molecule has 0 unspecified atom stereocenters. The first-order valence-electron chi connectivity index (χ1n) is 4.34. The third-order valence-electron chi connectivity index (χ3n) is 2.07. The second-order valence-corrected chi connectivity index (χ2v) is 2.97. The van der Waals surface area contributed by atoms with Gasteiger partial charge in [-0.3, -0.25) is 0 Å². The van der Waals surface area contributed by atoms with Gasteiger partial charge in [0.25, 0.3) is 0 Å². The molecule has 0 aromatic carbocycles. The minimum absolute atomic E-state index is 0.206.